The van der Waals surface area contributed by atoms with Crippen LogP contribution in [0.15, 0.2) is 28.8 Å². The molecule has 1 N–H and O–H groups in total. The summed E-state index contributed by atoms with van der Waals surface area (Å²) in [7, 11) is 0. The van der Waals surface area contributed by atoms with Gasteiger partial charge in [-0.25, -0.2) is 0 Å². The molecular formula is C16H19N3O2. The van der Waals surface area contributed by atoms with E-state index in [1.165, 1.54) is 0 Å². The van der Waals surface area contributed by atoms with Crippen LogP contribution in [-0.2, 0) is 11.3 Å². The Kier molecular flexibility index (Phi) is 3.01. The van der Waals surface area contributed by atoms with Crippen molar-refractivity contribution in [1.82, 2.24) is 5.16 Å². The fourth-order valence-electron chi connectivity index (χ4n) is 2.69. The first-order chi connectivity index (χ1) is 9.90. The van der Waals surface area contributed by atoms with Crippen molar-refractivity contribution in [3.63, 3.8) is 0 Å². The molecule has 1 aromatic carbocycles. The molecule has 2 heterocycles. The predicted octanol–water partition coefficient (Wildman–Crippen LogP) is 3.03. The molecule has 21 heavy (non-hydrogen) atoms. The lowest BCUT2D eigenvalue weighted by molar-refractivity contribution is -0.122. The second kappa shape index (κ2) is 4.62. The van der Waals surface area contributed by atoms with Gasteiger partial charge < -0.3 is 14.7 Å². The Morgan fingerprint density at radius 2 is 2.00 bits per heavy atom. The summed E-state index contributed by atoms with van der Waals surface area (Å²) in [6.45, 7) is 8.04. The molecule has 1 aliphatic rings. The van der Waals surface area contributed by atoms with E-state index in [2.05, 4.69) is 10.5 Å². The van der Waals surface area contributed by atoms with Crippen molar-refractivity contribution in [1.29, 1.82) is 0 Å². The molecule has 110 valence electrons. The van der Waals surface area contributed by atoms with E-state index in [4.69, 9.17) is 4.52 Å². The lowest BCUT2D eigenvalue weighted by Crippen LogP contribution is -2.53. The van der Waals surface area contributed by atoms with E-state index in [1.807, 2.05) is 52.0 Å². The van der Waals surface area contributed by atoms with Crippen LogP contribution in [0.1, 0.15) is 30.9 Å². The van der Waals surface area contributed by atoms with Crippen molar-refractivity contribution in [2.45, 2.75) is 39.8 Å². The highest BCUT2D eigenvalue weighted by atomic mass is 16.5. The van der Waals surface area contributed by atoms with Crippen LogP contribution in [0, 0.1) is 13.8 Å². The maximum Gasteiger partial charge on any atom is 0.252 e. The second-order valence-corrected chi connectivity index (χ2v) is 5.96. The average Bonchev–Trinajstić information content (AvgIpc) is 2.75. The number of carbonyl (C=O) groups excluding carboxylic acids is 1. The van der Waals surface area contributed by atoms with Crippen molar-refractivity contribution in [3.8, 4) is 0 Å². The minimum Gasteiger partial charge on any atom is -0.370 e. The highest BCUT2D eigenvalue weighted by molar-refractivity contribution is 6.07. The Morgan fingerprint density at radius 3 is 2.67 bits per heavy atom. The minimum atomic E-state index is -0.632. The normalized spacial score (nSPS) is 16.6. The Morgan fingerprint density at radius 1 is 1.29 bits per heavy atom. The highest BCUT2D eigenvalue weighted by Crippen LogP contribution is 2.36. The van der Waals surface area contributed by atoms with Gasteiger partial charge in [-0.1, -0.05) is 17.3 Å². The van der Waals surface area contributed by atoms with E-state index in [9.17, 15) is 4.79 Å². The summed E-state index contributed by atoms with van der Waals surface area (Å²) in [5.41, 5.74) is 3.02. The van der Waals surface area contributed by atoms with Gasteiger partial charge in [-0.05, 0) is 39.8 Å². The van der Waals surface area contributed by atoms with E-state index in [0.29, 0.717) is 6.54 Å². The summed E-state index contributed by atoms with van der Waals surface area (Å²) >= 11 is 0. The first kappa shape index (κ1) is 13.7. The molecule has 0 unspecified atom stereocenters. The van der Waals surface area contributed by atoms with Crippen LogP contribution in [0.25, 0.3) is 0 Å². The van der Waals surface area contributed by atoms with Crippen molar-refractivity contribution >= 4 is 17.3 Å². The van der Waals surface area contributed by atoms with Gasteiger partial charge in [0.15, 0.2) is 0 Å². The van der Waals surface area contributed by atoms with E-state index in [1.54, 1.807) is 4.90 Å². The van der Waals surface area contributed by atoms with Crippen LogP contribution >= 0.6 is 0 Å². The van der Waals surface area contributed by atoms with Gasteiger partial charge in [0.2, 0.25) is 0 Å². The van der Waals surface area contributed by atoms with E-state index >= 15 is 0 Å². The summed E-state index contributed by atoms with van der Waals surface area (Å²) in [5, 5.41) is 7.26. The molecule has 1 aliphatic heterocycles. The summed E-state index contributed by atoms with van der Waals surface area (Å²) < 4.78 is 5.21. The number of fused-ring (bicyclic) bond motifs is 1. The first-order valence-corrected chi connectivity index (χ1v) is 7.01. The van der Waals surface area contributed by atoms with Gasteiger partial charge >= 0.3 is 0 Å². The number of aromatic nitrogens is 1. The number of aryl methyl sites for hydroxylation is 2. The first-order valence-electron chi connectivity index (χ1n) is 7.01. The Bertz CT molecular complexity index is 684. The van der Waals surface area contributed by atoms with E-state index in [0.717, 1.165) is 28.4 Å². The third-order valence-corrected chi connectivity index (χ3v) is 3.92. The number of para-hydroxylation sites is 2. The van der Waals surface area contributed by atoms with Gasteiger partial charge in [0.05, 0.1) is 23.6 Å². The number of hydrogen-bond acceptors (Lipinski definition) is 4. The molecule has 0 spiro atoms. The number of anilines is 2. The number of benzene rings is 1. The van der Waals surface area contributed by atoms with Crippen LogP contribution in [0.5, 0.6) is 0 Å². The molecule has 0 aliphatic carbocycles. The molecule has 2 aromatic rings. The molecule has 0 bridgehead atoms. The largest absolute Gasteiger partial charge is 0.370 e. The Labute approximate surface area is 123 Å². The van der Waals surface area contributed by atoms with Gasteiger partial charge in [-0.2, -0.15) is 0 Å². The van der Waals surface area contributed by atoms with Crippen molar-refractivity contribution in [2.24, 2.45) is 0 Å². The Balaban J connectivity index is 2.06. The third kappa shape index (κ3) is 2.18. The average molecular weight is 285 g/mol. The molecule has 5 heteroatoms. The van der Waals surface area contributed by atoms with Gasteiger partial charge in [-0.3, -0.25) is 4.79 Å². The zero-order valence-electron chi connectivity index (χ0n) is 12.7. The molecule has 5 nitrogen and oxygen atoms in total. The van der Waals surface area contributed by atoms with Crippen LogP contribution in [0.4, 0.5) is 11.4 Å². The van der Waals surface area contributed by atoms with Gasteiger partial charge in [0, 0.05) is 5.56 Å². The van der Waals surface area contributed by atoms with Crippen LogP contribution in [0.3, 0.4) is 0 Å². The molecular weight excluding hydrogens is 266 g/mol. The maximum atomic E-state index is 12.8. The molecule has 0 saturated heterocycles. The lowest BCUT2D eigenvalue weighted by Gasteiger charge is -2.39. The topological polar surface area (TPSA) is 58.4 Å². The monoisotopic (exact) mass is 285 g/mol. The SMILES string of the molecule is Cc1noc(C)c1CN1C(=O)C(C)(C)Nc2ccccc21. The van der Waals surface area contributed by atoms with Crippen LogP contribution in [-0.4, -0.2) is 16.6 Å². The molecule has 0 saturated carbocycles. The molecule has 0 fully saturated rings. The zero-order valence-corrected chi connectivity index (χ0v) is 12.7. The van der Waals surface area contributed by atoms with E-state index < -0.39 is 5.54 Å². The summed E-state index contributed by atoms with van der Waals surface area (Å²) in [4.78, 5) is 14.6. The third-order valence-electron chi connectivity index (χ3n) is 3.92. The van der Waals surface area contributed by atoms with E-state index in [-0.39, 0.29) is 5.91 Å². The maximum absolute atomic E-state index is 12.8. The lowest BCUT2D eigenvalue weighted by atomic mass is 9.97. The summed E-state index contributed by atoms with van der Waals surface area (Å²) in [6, 6.07) is 7.84. The number of rotatable bonds is 2. The second-order valence-electron chi connectivity index (χ2n) is 5.96. The standard InChI is InChI=1S/C16H19N3O2/c1-10-12(11(2)21-18-10)9-19-14-8-6-5-7-13(14)17-16(3,4)15(19)20/h5-8,17H,9H2,1-4H3. The number of hydrogen-bond donors (Lipinski definition) is 1. The van der Waals surface area contributed by atoms with Crippen molar-refractivity contribution in [3.05, 3.63) is 41.3 Å². The zero-order chi connectivity index (χ0) is 15.2. The number of nitrogens with one attached hydrogen (secondary N) is 1. The highest BCUT2D eigenvalue weighted by Gasteiger charge is 2.38. The quantitative estimate of drug-likeness (QED) is 0.921. The van der Waals surface area contributed by atoms with Crippen molar-refractivity contribution < 1.29 is 9.32 Å². The van der Waals surface area contributed by atoms with Gasteiger partial charge in [-0.15, -0.1) is 0 Å². The molecule has 1 aromatic heterocycles. The van der Waals surface area contributed by atoms with Gasteiger partial charge in [0.1, 0.15) is 11.3 Å². The Hall–Kier alpha value is -2.30. The molecule has 0 radical (unpaired) electrons. The molecule has 1 amide bonds. The summed E-state index contributed by atoms with van der Waals surface area (Å²) in [5.74, 6) is 0.801. The minimum absolute atomic E-state index is 0.0428. The number of carbonyl (C=O) groups is 1. The summed E-state index contributed by atoms with van der Waals surface area (Å²) in [6.07, 6.45) is 0. The fraction of sp³-hybridized carbons (Fsp3) is 0.375. The number of nitrogens with zero attached hydrogens (tertiary/aromatic N) is 2. The smallest absolute Gasteiger partial charge is 0.252 e. The molecule has 0 atom stereocenters. The van der Waals surface area contributed by atoms with Gasteiger partial charge in [0.25, 0.3) is 5.91 Å². The molecule has 3 rings (SSSR count). The predicted molar refractivity (Wildman–Crippen MR) is 81.3 cm³/mol. The fourth-order valence-corrected chi connectivity index (χ4v) is 2.69. The van der Waals surface area contributed by atoms with Crippen LogP contribution in [0.2, 0.25) is 0 Å². The van der Waals surface area contributed by atoms with Crippen molar-refractivity contribution in [2.75, 3.05) is 10.2 Å². The van der Waals surface area contributed by atoms with Crippen LogP contribution < -0.4 is 10.2 Å². The number of amides is 1.